The molecule has 102 valence electrons. The van der Waals surface area contributed by atoms with Crippen molar-refractivity contribution in [3.8, 4) is 0 Å². The molecular formula is C15H19NO3. The van der Waals surface area contributed by atoms with Crippen molar-refractivity contribution >= 4 is 6.09 Å². The van der Waals surface area contributed by atoms with Gasteiger partial charge in [0.1, 0.15) is 6.61 Å². The van der Waals surface area contributed by atoms with E-state index in [0.717, 1.165) is 18.4 Å². The maximum atomic E-state index is 12.2. The fourth-order valence-corrected chi connectivity index (χ4v) is 3.24. The van der Waals surface area contributed by atoms with Crippen molar-refractivity contribution in [2.75, 3.05) is 0 Å². The molecule has 1 aromatic rings. The summed E-state index contributed by atoms with van der Waals surface area (Å²) in [6, 6.07) is 10.0. The number of carbonyl (C=O) groups is 1. The van der Waals surface area contributed by atoms with Crippen molar-refractivity contribution in [3.63, 3.8) is 0 Å². The Balaban J connectivity index is 1.59. The van der Waals surface area contributed by atoms with Gasteiger partial charge in [-0.2, -0.15) is 0 Å². The number of aliphatic hydroxyl groups is 1. The molecule has 19 heavy (non-hydrogen) atoms. The van der Waals surface area contributed by atoms with Crippen molar-refractivity contribution < 1.29 is 14.6 Å². The number of amides is 1. The summed E-state index contributed by atoms with van der Waals surface area (Å²) in [4.78, 5) is 14.0. The molecule has 3 rings (SSSR count). The fourth-order valence-electron chi connectivity index (χ4n) is 3.24. The van der Waals surface area contributed by atoms with E-state index < -0.39 is 0 Å². The molecule has 1 N–H and O–H groups in total. The number of ether oxygens (including phenoxy) is 1. The minimum Gasteiger partial charge on any atom is -0.445 e. The molecule has 0 aliphatic carbocycles. The van der Waals surface area contributed by atoms with E-state index in [1.54, 1.807) is 0 Å². The molecule has 2 bridgehead atoms. The highest BCUT2D eigenvalue weighted by molar-refractivity contribution is 5.69. The zero-order valence-electron chi connectivity index (χ0n) is 10.9. The summed E-state index contributed by atoms with van der Waals surface area (Å²) < 4.78 is 5.39. The number of piperidine rings is 1. The number of rotatable bonds is 2. The summed E-state index contributed by atoms with van der Waals surface area (Å²) in [6.07, 6.45) is 2.87. The molecule has 2 saturated heterocycles. The molecule has 4 nitrogen and oxygen atoms in total. The highest BCUT2D eigenvalue weighted by Gasteiger charge is 2.43. The van der Waals surface area contributed by atoms with E-state index in [1.165, 1.54) is 0 Å². The summed E-state index contributed by atoms with van der Waals surface area (Å²) >= 11 is 0. The van der Waals surface area contributed by atoms with Crippen molar-refractivity contribution in [1.29, 1.82) is 0 Å². The van der Waals surface area contributed by atoms with Crippen LogP contribution < -0.4 is 0 Å². The average molecular weight is 261 g/mol. The normalized spacial score (nSPS) is 29.3. The zero-order valence-corrected chi connectivity index (χ0v) is 10.9. The van der Waals surface area contributed by atoms with Gasteiger partial charge in [-0.3, -0.25) is 0 Å². The monoisotopic (exact) mass is 261 g/mol. The van der Waals surface area contributed by atoms with Crippen LogP contribution >= 0.6 is 0 Å². The van der Waals surface area contributed by atoms with E-state index in [-0.39, 0.29) is 24.3 Å². The predicted octanol–water partition coefficient (Wildman–Crippen LogP) is 2.31. The third-order valence-corrected chi connectivity index (χ3v) is 4.12. The Bertz CT molecular complexity index is 434. The molecule has 0 saturated carbocycles. The SMILES string of the molecule is O=C(OCc1ccccc1)N1C2CCC1CC(O)C2. The van der Waals surface area contributed by atoms with Gasteiger partial charge in [-0.05, 0) is 31.2 Å². The Labute approximate surface area is 113 Å². The summed E-state index contributed by atoms with van der Waals surface area (Å²) in [5.74, 6) is 0. The Morgan fingerprint density at radius 2 is 1.84 bits per heavy atom. The van der Waals surface area contributed by atoms with Crippen LogP contribution in [0.3, 0.4) is 0 Å². The molecule has 4 heteroatoms. The first-order valence-electron chi connectivity index (χ1n) is 6.91. The second-order valence-electron chi connectivity index (χ2n) is 5.46. The Morgan fingerprint density at radius 1 is 1.21 bits per heavy atom. The topological polar surface area (TPSA) is 49.8 Å². The molecule has 2 aliphatic rings. The highest BCUT2D eigenvalue weighted by atomic mass is 16.6. The number of aliphatic hydroxyl groups excluding tert-OH is 1. The first-order valence-corrected chi connectivity index (χ1v) is 6.91. The molecule has 2 aliphatic heterocycles. The third-order valence-electron chi connectivity index (χ3n) is 4.12. The van der Waals surface area contributed by atoms with Crippen molar-refractivity contribution in [3.05, 3.63) is 35.9 Å². The number of carbonyl (C=O) groups excluding carboxylic acids is 1. The van der Waals surface area contributed by atoms with Crippen molar-refractivity contribution in [1.82, 2.24) is 4.90 Å². The molecule has 2 unspecified atom stereocenters. The summed E-state index contributed by atoms with van der Waals surface area (Å²) in [5.41, 5.74) is 1.00. The van der Waals surface area contributed by atoms with E-state index in [4.69, 9.17) is 4.74 Å². The lowest BCUT2D eigenvalue weighted by molar-refractivity contribution is 0.0221. The van der Waals surface area contributed by atoms with E-state index in [1.807, 2.05) is 35.2 Å². The van der Waals surface area contributed by atoms with Gasteiger partial charge in [0.05, 0.1) is 6.10 Å². The lowest BCUT2D eigenvalue weighted by Gasteiger charge is -2.36. The molecule has 1 aromatic carbocycles. The Hall–Kier alpha value is -1.55. The van der Waals surface area contributed by atoms with Crippen LogP contribution in [-0.4, -0.2) is 34.3 Å². The quantitative estimate of drug-likeness (QED) is 0.888. The molecule has 1 amide bonds. The first kappa shape index (κ1) is 12.5. The second-order valence-corrected chi connectivity index (χ2v) is 5.46. The molecular weight excluding hydrogens is 242 g/mol. The van der Waals surface area contributed by atoms with Crippen LogP contribution in [-0.2, 0) is 11.3 Å². The second kappa shape index (κ2) is 5.21. The maximum Gasteiger partial charge on any atom is 0.410 e. The number of nitrogens with zero attached hydrogens (tertiary/aromatic N) is 1. The summed E-state index contributed by atoms with van der Waals surface area (Å²) in [5, 5.41) is 9.72. The van der Waals surface area contributed by atoms with Crippen LogP contribution in [0, 0.1) is 0 Å². The van der Waals surface area contributed by atoms with Gasteiger partial charge in [-0.25, -0.2) is 4.79 Å². The van der Waals surface area contributed by atoms with Gasteiger partial charge in [0.25, 0.3) is 0 Å². The largest absolute Gasteiger partial charge is 0.445 e. The number of hydrogen-bond donors (Lipinski definition) is 1. The van der Waals surface area contributed by atoms with Gasteiger partial charge in [0.2, 0.25) is 0 Å². The van der Waals surface area contributed by atoms with Gasteiger partial charge in [0.15, 0.2) is 0 Å². The van der Waals surface area contributed by atoms with Crippen LogP contribution in [0.1, 0.15) is 31.2 Å². The fraction of sp³-hybridized carbons (Fsp3) is 0.533. The summed E-state index contributed by atoms with van der Waals surface area (Å²) in [7, 11) is 0. The van der Waals surface area contributed by atoms with E-state index >= 15 is 0 Å². The van der Waals surface area contributed by atoms with E-state index in [2.05, 4.69) is 0 Å². The number of hydrogen-bond acceptors (Lipinski definition) is 3. The minimum atomic E-state index is -0.254. The molecule has 0 aromatic heterocycles. The van der Waals surface area contributed by atoms with Gasteiger partial charge in [0, 0.05) is 12.1 Å². The lowest BCUT2D eigenvalue weighted by Crippen LogP contribution is -2.48. The number of fused-ring (bicyclic) bond motifs is 2. The highest BCUT2D eigenvalue weighted by Crippen LogP contribution is 2.36. The van der Waals surface area contributed by atoms with Gasteiger partial charge >= 0.3 is 6.09 Å². The van der Waals surface area contributed by atoms with Crippen LogP contribution in [0.5, 0.6) is 0 Å². The zero-order chi connectivity index (χ0) is 13.2. The third kappa shape index (κ3) is 2.59. The van der Waals surface area contributed by atoms with E-state index in [9.17, 15) is 9.90 Å². The summed E-state index contributed by atoms with van der Waals surface area (Å²) in [6.45, 7) is 0.318. The van der Waals surface area contributed by atoms with Crippen LogP contribution in [0.4, 0.5) is 4.79 Å². The Morgan fingerprint density at radius 3 is 2.47 bits per heavy atom. The lowest BCUT2D eigenvalue weighted by atomic mass is 10.0. The molecule has 2 heterocycles. The predicted molar refractivity (Wildman–Crippen MR) is 70.5 cm³/mol. The van der Waals surface area contributed by atoms with Crippen LogP contribution in [0.25, 0.3) is 0 Å². The van der Waals surface area contributed by atoms with Crippen molar-refractivity contribution in [2.24, 2.45) is 0 Å². The van der Waals surface area contributed by atoms with Crippen LogP contribution in [0.2, 0.25) is 0 Å². The van der Waals surface area contributed by atoms with E-state index in [0.29, 0.717) is 19.4 Å². The van der Waals surface area contributed by atoms with Gasteiger partial charge < -0.3 is 14.7 Å². The number of benzene rings is 1. The first-order chi connectivity index (χ1) is 9.24. The average Bonchev–Trinajstić information content (AvgIpc) is 2.70. The molecule has 0 spiro atoms. The minimum absolute atomic E-state index is 0.164. The van der Waals surface area contributed by atoms with Gasteiger partial charge in [-0.1, -0.05) is 30.3 Å². The smallest absolute Gasteiger partial charge is 0.410 e. The molecule has 0 radical (unpaired) electrons. The maximum absolute atomic E-state index is 12.2. The standard InChI is InChI=1S/C15H19NO3/c17-14-8-12-6-7-13(9-14)16(12)15(18)19-10-11-4-2-1-3-5-11/h1-5,12-14,17H,6-10H2. The molecule has 2 atom stereocenters. The van der Waals surface area contributed by atoms with Gasteiger partial charge in [-0.15, -0.1) is 0 Å². The van der Waals surface area contributed by atoms with Crippen molar-refractivity contribution in [2.45, 2.75) is 50.5 Å². The molecule has 2 fully saturated rings. The van der Waals surface area contributed by atoms with Crippen LogP contribution in [0.15, 0.2) is 30.3 Å². The Kier molecular flexibility index (Phi) is 3.42.